The summed E-state index contributed by atoms with van der Waals surface area (Å²) in [6, 6.07) is 9.33. The van der Waals surface area contributed by atoms with E-state index in [0.29, 0.717) is 39.1 Å². The Kier molecular flexibility index (Phi) is 5.91. The Bertz CT molecular complexity index is 893. The summed E-state index contributed by atoms with van der Waals surface area (Å²) < 4.78 is 46.6. The van der Waals surface area contributed by atoms with Crippen LogP contribution in [-0.2, 0) is 19.5 Å². The molecule has 9 heteroatoms. The van der Waals surface area contributed by atoms with E-state index >= 15 is 0 Å². The number of rotatable bonds is 7. The Morgan fingerprint density at radius 1 is 1.28 bits per heavy atom. The predicted octanol–water partition coefficient (Wildman–Crippen LogP) is 2.10. The SMILES string of the molecule is CCS(=O)(=O)N[C@H]1CCC2(C[C@@H]1COc1ccc(-n3cccn3)cc1)OCCO2. The Hall–Kier alpha value is -1.94. The molecule has 1 saturated heterocycles. The van der Waals surface area contributed by atoms with Crippen molar-refractivity contribution in [3.63, 3.8) is 0 Å². The van der Waals surface area contributed by atoms with E-state index in [4.69, 9.17) is 14.2 Å². The molecular formula is C20H27N3O5S. The molecule has 2 aromatic rings. The second-order valence-electron chi connectivity index (χ2n) is 7.49. The molecule has 158 valence electrons. The minimum Gasteiger partial charge on any atom is -0.493 e. The summed E-state index contributed by atoms with van der Waals surface area (Å²) >= 11 is 0. The first-order valence-corrected chi connectivity index (χ1v) is 11.6. The summed E-state index contributed by atoms with van der Waals surface area (Å²) in [6.07, 6.45) is 5.55. The van der Waals surface area contributed by atoms with E-state index < -0.39 is 15.8 Å². The van der Waals surface area contributed by atoms with E-state index in [9.17, 15) is 8.42 Å². The quantitative estimate of drug-likeness (QED) is 0.736. The Morgan fingerprint density at radius 3 is 2.69 bits per heavy atom. The molecule has 2 fully saturated rings. The summed E-state index contributed by atoms with van der Waals surface area (Å²) in [5.41, 5.74) is 0.945. The molecule has 4 rings (SSSR count). The first-order valence-electron chi connectivity index (χ1n) is 9.99. The number of aromatic nitrogens is 2. The van der Waals surface area contributed by atoms with E-state index in [1.807, 2.05) is 36.5 Å². The number of nitrogens with one attached hydrogen (secondary N) is 1. The lowest BCUT2D eigenvalue weighted by molar-refractivity contribution is -0.192. The van der Waals surface area contributed by atoms with Gasteiger partial charge < -0.3 is 14.2 Å². The van der Waals surface area contributed by atoms with Crippen molar-refractivity contribution in [3.05, 3.63) is 42.7 Å². The summed E-state index contributed by atoms with van der Waals surface area (Å²) in [7, 11) is -3.30. The van der Waals surface area contributed by atoms with Crippen LogP contribution in [0.5, 0.6) is 5.75 Å². The molecule has 1 spiro atoms. The van der Waals surface area contributed by atoms with Crippen molar-refractivity contribution in [2.24, 2.45) is 5.92 Å². The largest absolute Gasteiger partial charge is 0.493 e. The van der Waals surface area contributed by atoms with Crippen LogP contribution in [0.3, 0.4) is 0 Å². The van der Waals surface area contributed by atoms with Crippen molar-refractivity contribution >= 4 is 10.0 Å². The van der Waals surface area contributed by atoms with Gasteiger partial charge in [0, 0.05) is 37.2 Å². The lowest BCUT2D eigenvalue weighted by Gasteiger charge is -2.41. The van der Waals surface area contributed by atoms with E-state index in [-0.39, 0.29) is 17.7 Å². The Labute approximate surface area is 171 Å². The smallest absolute Gasteiger partial charge is 0.211 e. The number of nitrogens with zero attached hydrogens (tertiary/aromatic N) is 2. The fourth-order valence-corrected chi connectivity index (χ4v) is 4.92. The molecule has 0 unspecified atom stereocenters. The first kappa shape index (κ1) is 20.3. The summed E-state index contributed by atoms with van der Waals surface area (Å²) in [5, 5.41) is 4.21. The van der Waals surface area contributed by atoms with Crippen LogP contribution in [-0.4, -0.2) is 55.6 Å². The van der Waals surface area contributed by atoms with Crippen LogP contribution < -0.4 is 9.46 Å². The third kappa shape index (κ3) is 4.80. The molecule has 0 amide bonds. The second kappa shape index (κ2) is 8.43. The maximum Gasteiger partial charge on any atom is 0.211 e. The molecule has 29 heavy (non-hydrogen) atoms. The topological polar surface area (TPSA) is 91.7 Å². The van der Waals surface area contributed by atoms with E-state index in [0.717, 1.165) is 11.4 Å². The summed E-state index contributed by atoms with van der Waals surface area (Å²) in [5.74, 6) is 0.135. The molecule has 0 radical (unpaired) electrons. The minimum absolute atomic E-state index is 0.0473. The number of sulfonamides is 1. The zero-order valence-electron chi connectivity index (χ0n) is 16.5. The third-order valence-electron chi connectivity index (χ3n) is 5.57. The Balaban J connectivity index is 1.43. The average Bonchev–Trinajstić information content (AvgIpc) is 3.41. The van der Waals surface area contributed by atoms with Gasteiger partial charge in [0.15, 0.2) is 5.79 Å². The van der Waals surface area contributed by atoms with Crippen molar-refractivity contribution in [1.29, 1.82) is 0 Å². The number of ether oxygens (including phenoxy) is 3. The van der Waals surface area contributed by atoms with Gasteiger partial charge in [-0.3, -0.25) is 0 Å². The predicted molar refractivity (Wildman–Crippen MR) is 107 cm³/mol. The molecule has 2 aliphatic rings. The van der Waals surface area contributed by atoms with E-state index in [1.165, 1.54) is 0 Å². The van der Waals surface area contributed by atoms with Crippen LogP contribution in [0.4, 0.5) is 0 Å². The summed E-state index contributed by atoms with van der Waals surface area (Å²) in [6.45, 7) is 3.18. The normalized spacial score (nSPS) is 24.0. The minimum atomic E-state index is -3.30. The monoisotopic (exact) mass is 421 g/mol. The molecule has 8 nitrogen and oxygen atoms in total. The number of benzene rings is 1. The van der Waals surface area contributed by atoms with Crippen LogP contribution in [0.2, 0.25) is 0 Å². The van der Waals surface area contributed by atoms with Gasteiger partial charge in [-0.25, -0.2) is 17.8 Å². The van der Waals surface area contributed by atoms with Crippen molar-refractivity contribution in [2.75, 3.05) is 25.6 Å². The maximum absolute atomic E-state index is 12.1. The molecule has 0 bridgehead atoms. The maximum atomic E-state index is 12.1. The molecule has 1 aliphatic heterocycles. The lowest BCUT2D eigenvalue weighted by Crippen LogP contribution is -2.51. The molecule has 1 saturated carbocycles. The second-order valence-corrected chi connectivity index (χ2v) is 9.54. The van der Waals surface area contributed by atoms with Gasteiger partial charge in [-0.05, 0) is 43.7 Å². The highest BCUT2D eigenvalue weighted by Crippen LogP contribution is 2.39. The van der Waals surface area contributed by atoms with E-state index in [2.05, 4.69) is 9.82 Å². The van der Waals surface area contributed by atoms with Gasteiger partial charge in [-0.15, -0.1) is 0 Å². The molecule has 2 heterocycles. The van der Waals surface area contributed by atoms with Gasteiger partial charge in [0.2, 0.25) is 10.0 Å². The van der Waals surface area contributed by atoms with Crippen molar-refractivity contribution in [1.82, 2.24) is 14.5 Å². The number of hydrogen-bond acceptors (Lipinski definition) is 6. The molecule has 1 aromatic carbocycles. The van der Waals surface area contributed by atoms with Crippen LogP contribution >= 0.6 is 0 Å². The van der Waals surface area contributed by atoms with Gasteiger partial charge in [-0.2, -0.15) is 5.10 Å². The molecule has 2 atom stereocenters. The van der Waals surface area contributed by atoms with Crippen LogP contribution in [0.25, 0.3) is 5.69 Å². The first-order chi connectivity index (χ1) is 14.0. The van der Waals surface area contributed by atoms with Crippen LogP contribution in [0.1, 0.15) is 26.2 Å². The number of hydrogen-bond donors (Lipinski definition) is 1. The van der Waals surface area contributed by atoms with Crippen molar-refractivity contribution in [3.8, 4) is 11.4 Å². The van der Waals surface area contributed by atoms with Gasteiger partial charge in [0.1, 0.15) is 5.75 Å². The zero-order chi connectivity index (χ0) is 20.3. The third-order valence-corrected chi connectivity index (χ3v) is 6.99. The standard InChI is InChI=1S/C20H27N3O5S/c1-2-29(24,25)22-19-8-9-20(27-12-13-28-20)14-16(19)15-26-18-6-4-17(5-7-18)23-11-3-10-21-23/h3-7,10-11,16,19,22H,2,8-9,12-15H2,1H3/t16-,19+/m1/s1. The molecule has 1 aromatic heterocycles. The molecular weight excluding hydrogens is 394 g/mol. The van der Waals surface area contributed by atoms with Crippen LogP contribution in [0.15, 0.2) is 42.7 Å². The highest BCUT2D eigenvalue weighted by molar-refractivity contribution is 7.89. The van der Waals surface area contributed by atoms with Gasteiger partial charge in [0.05, 0.1) is 31.3 Å². The summed E-state index contributed by atoms with van der Waals surface area (Å²) in [4.78, 5) is 0. The van der Waals surface area contributed by atoms with E-state index in [1.54, 1.807) is 17.8 Å². The average molecular weight is 422 g/mol. The highest BCUT2D eigenvalue weighted by Gasteiger charge is 2.46. The fourth-order valence-electron chi connectivity index (χ4n) is 3.98. The highest BCUT2D eigenvalue weighted by atomic mass is 32.2. The van der Waals surface area contributed by atoms with Crippen molar-refractivity contribution < 1.29 is 22.6 Å². The molecule has 1 N–H and O–H groups in total. The molecule has 1 aliphatic carbocycles. The fraction of sp³-hybridized carbons (Fsp3) is 0.550. The zero-order valence-corrected chi connectivity index (χ0v) is 17.3. The van der Waals surface area contributed by atoms with Crippen molar-refractivity contribution in [2.45, 2.75) is 38.0 Å². The Morgan fingerprint density at radius 2 is 2.03 bits per heavy atom. The van der Waals surface area contributed by atoms with Gasteiger partial charge >= 0.3 is 0 Å². The van der Waals surface area contributed by atoms with Crippen LogP contribution in [0, 0.1) is 5.92 Å². The lowest BCUT2D eigenvalue weighted by atomic mass is 9.81. The van der Waals surface area contributed by atoms with Gasteiger partial charge in [-0.1, -0.05) is 0 Å². The van der Waals surface area contributed by atoms with Gasteiger partial charge in [0.25, 0.3) is 0 Å².